The Morgan fingerprint density at radius 1 is 1.24 bits per heavy atom. The summed E-state index contributed by atoms with van der Waals surface area (Å²) in [5.74, 6) is 0. The van der Waals surface area contributed by atoms with Gasteiger partial charge in [-0.15, -0.1) is 11.3 Å². The number of sulfonamides is 1. The van der Waals surface area contributed by atoms with Crippen molar-refractivity contribution in [3.05, 3.63) is 56.9 Å². The van der Waals surface area contributed by atoms with E-state index in [0.717, 1.165) is 4.88 Å². The molecule has 5 nitrogen and oxygen atoms in total. The maximum Gasteiger partial charge on any atom is 0.240 e. The predicted molar refractivity (Wildman–Crippen MR) is 83.9 cm³/mol. The molecular formula is C13H15ClN2O3S2. The lowest BCUT2D eigenvalue weighted by molar-refractivity contribution is -0.860. The summed E-state index contributed by atoms with van der Waals surface area (Å²) in [6.07, 6.45) is 0. The van der Waals surface area contributed by atoms with Crippen molar-refractivity contribution < 1.29 is 13.5 Å². The Labute approximate surface area is 132 Å². The van der Waals surface area contributed by atoms with Gasteiger partial charge in [0.2, 0.25) is 10.0 Å². The SMILES string of the molecule is O=S(=O)(NCC[NH+]([O-])Cc1cccs1)c1ccc(Cl)cc1. The van der Waals surface area contributed by atoms with Gasteiger partial charge in [-0.05, 0) is 35.7 Å². The average molecular weight is 347 g/mol. The van der Waals surface area contributed by atoms with Crippen molar-refractivity contribution in [2.24, 2.45) is 0 Å². The maximum absolute atomic E-state index is 12.0. The van der Waals surface area contributed by atoms with Gasteiger partial charge in [-0.3, -0.25) is 0 Å². The Bertz CT molecular complexity index is 657. The molecule has 2 aromatic rings. The van der Waals surface area contributed by atoms with Crippen LogP contribution in [0.4, 0.5) is 0 Å². The lowest BCUT2D eigenvalue weighted by Crippen LogP contribution is -3.06. The zero-order chi connectivity index (χ0) is 15.3. The van der Waals surface area contributed by atoms with Gasteiger partial charge in [0.25, 0.3) is 0 Å². The number of rotatable bonds is 7. The van der Waals surface area contributed by atoms with Crippen molar-refractivity contribution in [2.75, 3.05) is 13.1 Å². The fourth-order valence-corrected chi connectivity index (χ4v) is 3.61. The van der Waals surface area contributed by atoms with Crippen molar-refractivity contribution in [3.63, 3.8) is 0 Å². The van der Waals surface area contributed by atoms with Gasteiger partial charge < -0.3 is 10.3 Å². The van der Waals surface area contributed by atoms with Crippen LogP contribution in [-0.2, 0) is 16.6 Å². The third-order valence-electron chi connectivity index (χ3n) is 2.77. The molecule has 0 saturated carbocycles. The molecule has 1 aromatic carbocycles. The van der Waals surface area contributed by atoms with Crippen LogP contribution < -0.4 is 9.79 Å². The van der Waals surface area contributed by atoms with E-state index in [1.54, 1.807) is 0 Å². The second kappa shape index (κ2) is 7.35. The normalized spacial score (nSPS) is 13.2. The Kier molecular flexibility index (Phi) is 5.74. The minimum Gasteiger partial charge on any atom is -0.634 e. The second-order valence-corrected chi connectivity index (χ2v) is 7.63. The Hall–Kier alpha value is -0.960. The van der Waals surface area contributed by atoms with Gasteiger partial charge in [0.05, 0.1) is 22.9 Å². The molecule has 1 atom stereocenters. The van der Waals surface area contributed by atoms with Crippen LogP contribution in [0.5, 0.6) is 0 Å². The van der Waals surface area contributed by atoms with Crippen LogP contribution in [0.1, 0.15) is 4.88 Å². The third kappa shape index (κ3) is 5.06. The van der Waals surface area contributed by atoms with Gasteiger partial charge in [-0.25, -0.2) is 13.1 Å². The lowest BCUT2D eigenvalue weighted by atomic mass is 10.4. The highest BCUT2D eigenvalue weighted by Crippen LogP contribution is 2.13. The first-order valence-electron chi connectivity index (χ1n) is 6.27. The largest absolute Gasteiger partial charge is 0.634 e. The summed E-state index contributed by atoms with van der Waals surface area (Å²) in [5.41, 5.74) is 0. The van der Waals surface area contributed by atoms with Gasteiger partial charge in [0, 0.05) is 5.02 Å². The molecule has 0 spiro atoms. The molecule has 0 aliphatic carbocycles. The first-order valence-corrected chi connectivity index (χ1v) is 9.01. The van der Waals surface area contributed by atoms with Crippen molar-refractivity contribution in [1.82, 2.24) is 4.72 Å². The molecule has 114 valence electrons. The summed E-state index contributed by atoms with van der Waals surface area (Å²) < 4.78 is 26.4. The summed E-state index contributed by atoms with van der Waals surface area (Å²) in [6.45, 7) is 0.611. The molecule has 1 aromatic heterocycles. The predicted octanol–water partition coefficient (Wildman–Crippen LogP) is 1.26. The number of halogens is 1. The zero-order valence-electron chi connectivity index (χ0n) is 11.1. The van der Waals surface area contributed by atoms with Gasteiger partial charge in [0.15, 0.2) is 0 Å². The van der Waals surface area contributed by atoms with E-state index in [1.807, 2.05) is 17.5 Å². The quantitative estimate of drug-likeness (QED) is 0.741. The molecule has 0 aliphatic heterocycles. The standard InChI is InChI=1S/C13H15ClN2O3S2/c14-11-3-5-13(6-4-11)21(18,19)15-7-8-16(17)10-12-2-1-9-20-12/h1-6,9,15-16H,7-8,10H2. The molecule has 0 bridgehead atoms. The Morgan fingerprint density at radius 2 is 1.95 bits per heavy atom. The van der Waals surface area contributed by atoms with E-state index >= 15 is 0 Å². The number of quaternary nitrogens is 1. The van der Waals surface area contributed by atoms with Crippen molar-refractivity contribution in [3.8, 4) is 0 Å². The molecule has 2 N–H and O–H groups in total. The first kappa shape index (κ1) is 16.4. The van der Waals surface area contributed by atoms with E-state index in [1.165, 1.54) is 35.6 Å². The summed E-state index contributed by atoms with van der Waals surface area (Å²) in [4.78, 5) is 1.12. The van der Waals surface area contributed by atoms with Crippen LogP contribution >= 0.6 is 22.9 Å². The number of benzene rings is 1. The van der Waals surface area contributed by atoms with Gasteiger partial charge in [-0.1, -0.05) is 17.7 Å². The Morgan fingerprint density at radius 3 is 2.57 bits per heavy atom. The average Bonchev–Trinajstić information content (AvgIpc) is 2.91. The van der Waals surface area contributed by atoms with Crippen LogP contribution in [0.3, 0.4) is 0 Å². The Balaban J connectivity index is 1.83. The van der Waals surface area contributed by atoms with E-state index < -0.39 is 10.0 Å². The molecule has 0 radical (unpaired) electrons. The summed E-state index contributed by atoms with van der Waals surface area (Å²) in [7, 11) is -3.59. The lowest BCUT2D eigenvalue weighted by Gasteiger charge is -2.21. The number of nitrogens with one attached hydrogen (secondary N) is 2. The fraction of sp³-hybridized carbons (Fsp3) is 0.231. The monoisotopic (exact) mass is 346 g/mol. The molecule has 1 heterocycles. The number of hydroxylamine groups is 2. The third-order valence-corrected chi connectivity index (χ3v) is 5.38. The molecule has 1 unspecified atom stereocenters. The van der Waals surface area contributed by atoms with Crippen molar-refractivity contribution in [1.29, 1.82) is 0 Å². The highest BCUT2D eigenvalue weighted by molar-refractivity contribution is 7.89. The minimum absolute atomic E-state index is 0.0104. The molecule has 2 rings (SSSR count). The first-order chi connectivity index (χ1) is 9.97. The van der Waals surface area contributed by atoms with Crippen LogP contribution in [-0.4, -0.2) is 21.5 Å². The molecule has 0 saturated heterocycles. The molecule has 0 fully saturated rings. The van der Waals surface area contributed by atoms with Gasteiger partial charge in [-0.2, -0.15) is 0 Å². The number of thiophene rings is 1. The van der Waals surface area contributed by atoms with Crippen LogP contribution in [0, 0.1) is 5.21 Å². The fourth-order valence-electron chi connectivity index (χ4n) is 1.72. The molecule has 8 heteroatoms. The summed E-state index contributed by atoms with van der Waals surface area (Å²) in [5, 5.41) is 14.1. The maximum atomic E-state index is 12.0. The minimum atomic E-state index is -3.59. The number of hydrogen-bond donors (Lipinski definition) is 2. The topological polar surface area (TPSA) is 73.7 Å². The smallest absolute Gasteiger partial charge is 0.240 e. The highest BCUT2D eigenvalue weighted by Gasteiger charge is 2.13. The van der Waals surface area contributed by atoms with Crippen LogP contribution in [0.25, 0.3) is 0 Å². The number of hydrogen-bond acceptors (Lipinski definition) is 4. The van der Waals surface area contributed by atoms with E-state index in [-0.39, 0.29) is 23.0 Å². The summed E-state index contributed by atoms with van der Waals surface area (Å²) >= 11 is 7.23. The van der Waals surface area contributed by atoms with Crippen LogP contribution in [0.2, 0.25) is 5.02 Å². The highest BCUT2D eigenvalue weighted by atomic mass is 35.5. The van der Waals surface area contributed by atoms with Crippen molar-refractivity contribution in [2.45, 2.75) is 11.4 Å². The second-order valence-electron chi connectivity index (χ2n) is 4.40. The van der Waals surface area contributed by atoms with E-state index in [9.17, 15) is 13.6 Å². The molecule has 0 aliphatic rings. The van der Waals surface area contributed by atoms with Crippen molar-refractivity contribution >= 4 is 33.0 Å². The van der Waals surface area contributed by atoms with Gasteiger partial charge in [0.1, 0.15) is 6.54 Å². The molecule has 21 heavy (non-hydrogen) atoms. The van der Waals surface area contributed by atoms with Gasteiger partial charge >= 0.3 is 0 Å². The van der Waals surface area contributed by atoms with E-state index in [2.05, 4.69) is 4.72 Å². The molecular weight excluding hydrogens is 332 g/mol. The molecule has 0 amide bonds. The van der Waals surface area contributed by atoms with E-state index in [0.29, 0.717) is 11.6 Å². The summed E-state index contributed by atoms with van der Waals surface area (Å²) in [6, 6.07) is 9.66. The van der Waals surface area contributed by atoms with E-state index in [4.69, 9.17) is 11.6 Å². The van der Waals surface area contributed by atoms with Crippen LogP contribution in [0.15, 0.2) is 46.7 Å². The zero-order valence-corrected chi connectivity index (χ0v) is 13.5.